The Balaban J connectivity index is 2.33. The van der Waals surface area contributed by atoms with Crippen LogP contribution in [-0.2, 0) is 0 Å². The number of rotatable bonds is 4. The molecular formula is C17H19BrClNO. The van der Waals surface area contributed by atoms with E-state index < -0.39 is 0 Å². The first-order valence-corrected chi connectivity index (χ1v) is 8.00. The highest BCUT2D eigenvalue weighted by molar-refractivity contribution is 9.10. The van der Waals surface area contributed by atoms with Gasteiger partial charge in [0.15, 0.2) is 0 Å². The van der Waals surface area contributed by atoms with Crippen molar-refractivity contribution in [3.05, 3.63) is 62.6 Å². The smallest absolute Gasteiger partial charge is 0.138 e. The monoisotopic (exact) mass is 367 g/mol. The molecule has 0 aromatic heterocycles. The van der Waals surface area contributed by atoms with Crippen molar-refractivity contribution >= 4 is 27.5 Å². The Morgan fingerprint density at radius 2 is 1.76 bits per heavy atom. The number of aryl methyl sites for hydroxylation is 2. The minimum absolute atomic E-state index is 0.129. The fraction of sp³-hybridized carbons (Fsp3) is 0.294. The summed E-state index contributed by atoms with van der Waals surface area (Å²) in [5, 5.41) is 0.780. The average Bonchev–Trinajstić information content (AvgIpc) is 2.41. The average molecular weight is 369 g/mol. The Bertz CT molecular complexity index is 619. The van der Waals surface area contributed by atoms with Gasteiger partial charge < -0.3 is 10.5 Å². The third-order valence-electron chi connectivity index (χ3n) is 3.33. The zero-order chi connectivity index (χ0) is 15.6. The van der Waals surface area contributed by atoms with E-state index in [1.807, 2.05) is 57.2 Å². The van der Waals surface area contributed by atoms with Crippen LogP contribution in [0, 0.1) is 13.8 Å². The van der Waals surface area contributed by atoms with E-state index in [1.54, 1.807) is 0 Å². The quantitative estimate of drug-likeness (QED) is 0.806. The highest BCUT2D eigenvalue weighted by atomic mass is 79.9. The molecule has 0 saturated heterocycles. The Morgan fingerprint density at radius 1 is 1.14 bits per heavy atom. The largest absolute Gasteiger partial charge is 0.484 e. The summed E-state index contributed by atoms with van der Waals surface area (Å²) in [5.41, 5.74) is 9.16. The van der Waals surface area contributed by atoms with Crippen LogP contribution in [0.3, 0.4) is 0 Å². The number of benzene rings is 2. The normalized spacial score (nSPS) is 13.8. The number of nitrogens with two attached hydrogens (primary N) is 1. The maximum Gasteiger partial charge on any atom is 0.138 e. The van der Waals surface area contributed by atoms with Crippen molar-refractivity contribution in [2.24, 2.45) is 5.73 Å². The van der Waals surface area contributed by atoms with Gasteiger partial charge in [-0.15, -0.1) is 0 Å². The van der Waals surface area contributed by atoms with Crippen LogP contribution in [-0.4, -0.2) is 6.04 Å². The SMILES string of the molecule is Cc1cc(OC(c2cccc(Br)c2)C(C)N)cc(C)c1Cl. The molecule has 2 N–H and O–H groups in total. The fourth-order valence-corrected chi connectivity index (χ4v) is 2.81. The molecule has 0 heterocycles. The van der Waals surface area contributed by atoms with Crippen molar-refractivity contribution < 1.29 is 4.74 Å². The Hall–Kier alpha value is -1.03. The zero-order valence-corrected chi connectivity index (χ0v) is 14.7. The van der Waals surface area contributed by atoms with E-state index in [2.05, 4.69) is 15.9 Å². The number of halogens is 2. The van der Waals surface area contributed by atoms with Crippen LogP contribution in [0.4, 0.5) is 0 Å². The van der Waals surface area contributed by atoms with Gasteiger partial charge in [0, 0.05) is 15.5 Å². The molecular weight excluding hydrogens is 350 g/mol. The van der Waals surface area contributed by atoms with Gasteiger partial charge >= 0.3 is 0 Å². The molecule has 0 saturated carbocycles. The van der Waals surface area contributed by atoms with Crippen LogP contribution in [0.5, 0.6) is 5.75 Å². The summed E-state index contributed by atoms with van der Waals surface area (Å²) in [6.45, 7) is 5.89. The molecule has 0 aliphatic carbocycles. The van der Waals surface area contributed by atoms with Gasteiger partial charge in [0.05, 0.1) is 0 Å². The van der Waals surface area contributed by atoms with Gasteiger partial charge in [-0.2, -0.15) is 0 Å². The first kappa shape index (κ1) is 16.3. The van der Waals surface area contributed by atoms with Crippen molar-refractivity contribution in [1.82, 2.24) is 0 Å². The molecule has 0 bridgehead atoms. The van der Waals surface area contributed by atoms with Crippen LogP contribution in [0.1, 0.15) is 29.7 Å². The van der Waals surface area contributed by atoms with E-state index in [4.69, 9.17) is 22.1 Å². The second-order valence-electron chi connectivity index (χ2n) is 5.32. The molecule has 2 aromatic carbocycles. The van der Waals surface area contributed by atoms with Gasteiger partial charge in [-0.05, 0) is 61.7 Å². The van der Waals surface area contributed by atoms with E-state index in [9.17, 15) is 0 Å². The summed E-state index contributed by atoms with van der Waals surface area (Å²) in [7, 11) is 0. The highest BCUT2D eigenvalue weighted by Gasteiger charge is 2.19. The molecule has 0 aliphatic heterocycles. The Labute approximate surface area is 139 Å². The molecule has 2 unspecified atom stereocenters. The number of hydrogen-bond donors (Lipinski definition) is 1. The van der Waals surface area contributed by atoms with E-state index in [0.29, 0.717) is 0 Å². The molecule has 0 spiro atoms. The standard InChI is InChI=1S/C17H19BrClNO/c1-10-7-15(8-11(2)16(10)19)21-17(12(3)20)13-5-4-6-14(18)9-13/h4-9,12,17H,20H2,1-3H3. The maximum atomic E-state index is 6.20. The first-order valence-electron chi connectivity index (χ1n) is 6.83. The van der Waals surface area contributed by atoms with Crippen molar-refractivity contribution in [3.8, 4) is 5.75 Å². The molecule has 4 heteroatoms. The van der Waals surface area contributed by atoms with Crippen LogP contribution in [0.25, 0.3) is 0 Å². The van der Waals surface area contributed by atoms with Gasteiger partial charge in [0.25, 0.3) is 0 Å². The minimum Gasteiger partial charge on any atom is -0.484 e. The number of ether oxygens (including phenoxy) is 1. The van der Waals surface area contributed by atoms with Crippen molar-refractivity contribution in [3.63, 3.8) is 0 Å². The summed E-state index contributed by atoms with van der Waals surface area (Å²) in [5.74, 6) is 0.789. The van der Waals surface area contributed by atoms with Gasteiger partial charge in [-0.3, -0.25) is 0 Å². The lowest BCUT2D eigenvalue weighted by atomic mass is 10.0. The summed E-state index contributed by atoms with van der Waals surface area (Å²) < 4.78 is 7.14. The molecule has 2 aromatic rings. The van der Waals surface area contributed by atoms with E-state index >= 15 is 0 Å². The lowest BCUT2D eigenvalue weighted by Crippen LogP contribution is -2.29. The van der Waals surface area contributed by atoms with Gasteiger partial charge in [-0.1, -0.05) is 39.7 Å². The second kappa shape index (κ2) is 6.82. The summed E-state index contributed by atoms with van der Waals surface area (Å²) in [4.78, 5) is 0. The van der Waals surface area contributed by atoms with E-state index in [-0.39, 0.29) is 12.1 Å². The molecule has 112 valence electrons. The maximum absolute atomic E-state index is 6.20. The van der Waals surface area contributed by atoms with Gasteiger partial charge in [0.1, 0.15) is 11.9 Å². The number of hydrogen-bond acceptors (Lipinski definition) is 2. The third kappa shape index (κ3) is 4.00. The van der Waals surface area contributed by atoms with Gasteiger partial charge in [0.2, 0.25) is 0 Å². The summed E-state index contributed by atoms with van der Waals surface area (Å²) in [6.07, 6.45) is -0.206. The molecule has 2 nitrogen and oxygen atoms in total. The lowest BCUT2D eigenvalue weighted by molar-refractivity contribution is 0.180. The molecule has 0 amide bonds. The van der Waals surface area contributed by atoms with Crippen LogP contribution < -0.4 is 10.5 Å². The van der Waals surface area contributed by atoms with Crippen molar-refractivity contribution in [1.29, 1.82) is 0 Å². The highest BCUT2D eigenvalue weighted by Crippen LogP contribution is 2.30. The van der Waals surface area contributed by atoms with Crippen LogP contribution in [0.2, 0.25) is 5.02 Å². The Kier molecular flexibility index (Phi) is 5.31. The minimum atomic E-state index is -0.206. The fourth-order valence-electron chi connectivity index (χ4n) is 2.28. The molecule has 0 aliphatic rings. The van der Waals surface area contributed by atoms with Gasteiger partial charge in [-0.25, -0.2) is 0 Å². The van der Waals surface area contributed by atoms with Crippen LogP contribution >= 0.6 is 27.5 Å². The molecule has 0 radical (unpaired) electrons. The van der Waals surface area contributed by atoms with Crippen molar-refractivity contribution in [2.45, 2.75) is 32.9 Å². The summed E-state index contributed by atoms with van der Waals surface area (Å²) >= 11 is 9.68. The molecule has 2 rings (SSSR count). The lowest BCUT2D eigenvalue weighted by Gasteiger charge is -2.24. The topological polar surface area (TPSA) is 35.2 Å². The second-order valence-corrected chi connectivity index (χ2v) is 6.62. The molecule has 0 fully saturated rings. The van der Waals surface area contributed by atoms with Crippen LogP contribution in [0.15, 0.2) is 40.9 Å². The Morgan fingerprint density at radius 3 is 2.29 bits per heavy atom. The van der Waals surface area contributed by atoms with E-state index in [0.717, 1.165) is 31.9 Å². The third-order valence-corrected chi connectivity index (χ3v) is 4.42. The summed E-state index contributed by atoms with van der Waals surface area (Å²) in [6, 6.07) is 11.8. The van der Waals surface area contributed by atoms with E-state index in [1.165, 1.54) is 0 Å². The first-order chi connectivity index (χ1) is 9.88. The predicted molar refractivity (Wildman–Crippen MR) is 92.1 cm³/mol. The molecule has 21 heavy (non-hydrogen) atoms. The van der Waals surface area contributed by atoms with Crippen molar-refractivity contribution in [2.75, 3.05) is 0 Å². The zero-order valence-electron chi connectivity index (χ0n) is 12.4. The predicted octanol–water partition coefficient (Wildman–Crippen LogP) is 5.19. The molecule has 2 atom stereocenters.